The molecule has 1 N–H and O–H groups in total. The Kier molecular flexibility index (Phi) is 5.48. The number of hydrogen-bond donors (Lipinski definition) is 1. The lowest BCUT2D eigenvalue weighted by atomic mass is 9.98. The Labute approximate surface area is 150 Å². The molecule has 2 aromatic rings. The molecule has 1 aliphatic rings. The summed E-state index contributed by atoms with van der Waals surface area (Å²) < 4.78 is 0. The molecule has 0 spiro atoms. The molecule has 7 heteroatoms. The molecule has 0 radical (unpaired) electrons. The predicted octanol–water partition coefficient (Wildman–Crippen LogP) is 3.49. The zero-order valence-electron chi connectivity index (χ0n) is 13.5. The van der Waals surface area contributed by atoms with E-state index >= 15 is 0 Å². The monoisotopic (exact) mass is 362 g/mol. The third kappa shape index (κ3) is 3.76. The molecule has 24 heavy (non-hydrogen) atoms. The number of nitrogens with zero attached hydrogens (tertiary/aromatic N) is 3. The smallest absolute Gasteiger partial charge is 0.237 e. The van der Waals surface area contributed by atoms with Gasteiger partial charge >= 0.3 is 0 Å². The van der Waals surface area contributed by atoms with E-state index in [0.717, 1.165) is 35.2 Å². The first-order valence-electron chi connectivity index (χ1n) is 7.92. The van der Waals surface area contributed by atoms with Crippen LogP contribution in [0.5, 0.6) is 0 Å². The molecule has 0 fully saturated rings. The molecule has 1 aromatic carbocycles. The van der Waals surface area contributed by atoms with Gasteiger partial charge in [-0.25, -0.2) is 0 Å². The predicted molar refractivity (Wildman–Crippen MR) is 99.4 cm³/mol. The number of halogens is 1. The standard InChI is InChI=1S/C17H19ClN4OS/c1-2-19-17-21-20-16(24-17)14-5-3-12(4-6-14)13-7-9-22(10-8-13)15(23)11-18/h3-7H,2,8-11H2,1H3,(H,19,21). The first kappa shape index (κ1) is 16.9. The number of alkyl halides is 1. The van der Waals surface area contributed by atoms with Crippen LogP contribution in [0.4, 0.5) is 5.13 Å². The molecule has 1 amide bonds. The van der Waals surface area contributed by atoms with Crippen molar-refractivity contribution in [3.05, 3.63) is 35.9 Å². The molecule has 0 unspecified atom stereocenters. The summed E-state index contributed by atoms with van der Waals surface area (Å²) in [6.07, 6.45) is 2.96. The maximum Gasteiger partial charge on any atom is 0.237 e. The number of aromatic nitrogens is 2. The van der Waals surface area contributed by atoms with E-state index in [0.29, 0.717) is 6.54 Å². The molecule has 0 saturated heterocycles. The summed E-state index contributed by atoms with van der Waals surface area (Å²) in [6.45, 7) is 4.23. The van der Waals surface area contributed by atoms with Gasteiger partial charge in [-0.2, -0.15) is 0 Å². The van der Waals surface area contributed by atoms with Crippen LogP contribution in [0.15, 0.2) is 30.3 Å². The summed E-state index contributed by atoms with van der Waals surface area (Å²) in [5, 5.41) is 13.3. The van der Waals surface area contributed by atoms with Crippen molar-refractivity contribution < 1.29 is 4.79 Å². The van der Waals surface area contributed by atoms with E-state index in [-0.39, 0.29) is 11.8 Å². The maximum absolute atomic E-state index is 11.6. The van der Waals surface area contributed by atoms with Gasteiger partial charge in [0, 0.05) is 25.2 Å². The number of anilines is 1. The van der Waals surface area contributed by atoms with E-state index in [1.165, 1.54) is 11.1 Å². The Hall–Kier alpha value is -1.92. The van der Waals surface area contributed by atoms with Crippen molar-refractivity contribution in [3.63, 3.8) is 0 Å². The van der Waals surface area contributed by atoms with Crippen molar-refractivity contribution in [3.8, 4) is 10.6 Å². The van der Waals surface area contributed by atoms with Crippen LogP contribution in [0.25, 0.3) is 16.1 Å². The molecule has 5 nitrogen and oxygen atoms in total. The lowest BCUT2D eigenvalue weighted by Crippen LogP contribution is -2.35. The summed E-state index contributed by atoms with van der Waals surface area (Å²) in [5.41, 5.74) is 3.52. The zero-order chi connectivity index (χ0) is 16.9. The SMILES string of the molecule is CCNc1nnc(-c2ccc(C3=CCN(C(=O)CCl)CC3)cc2)s1. The van der Waals surface area contributed by atoms with Crippen molar-refractivity contribution in [1.82, 2.24) is 15.1 Å². The lowest BCUT2D eigenvalue weighted by molar-refractivity contribution is -0.128. The highest BCUT2D eigenvalue weighted by Crippen LogP contribution is 2.29. The fourth-order valence-corrected chi connectivity index (χ4v) is 3.62. The Balaban J connectivity index is 1.70. The van der Waals surface area contributed by atoms with Crippen LogP contribution >= 0.6 is 22.9 Å². The largest absolute Gasteiger partial charge is 0.360 e. The normalized spacial score (nSPS) is 14.4. The van der Waals surface area contributed by atoms with Crippen molar-refractivity contribution in [1.29, 1.82) is 0 Å². The Bertz CT molecular complexity index is 741. The van der Waals surface area contributed by atoms with Gasteiger partial charge in [-0.05, 0) is 24.5 Å². The molecule has 0 atom stereocenters. The number of hydrogen-bond acceptors (Lipinski definition) is 5. The van der Waals surface area contributed by atoms with Crippen LogP contribution in [0, 0.1) is 0 Å². The van der Waals surface area contributed by atoms with E-state index in [4.69, 9.17) is 11.6 Å². The number of amides is 1. The minimum absolute atomic E-state index is 0.00456. The van der Waals surface area contributed by atoms with Crippen LogP contribution in [-0.2, 0) is 4.79 Å². The van der Waals surface area contributed by atoms with E-state index < -0.39 is 0 Å². The molecular weight excluding hydrogens is 344 g/mol. The number of rotatable bonds is 5. The van der Waals surface area contributed by atoms with Crippen LogP contribution in [-0.4, -0.2) is 46.5 Å². The maximum atomic E-state index is 11.6. The highest BCUT2D eigenvalue weighted by atomic mass is 35.5. The van der Waals surface area contributed by atoms with Gasteiger partial charge in [0.15, 0.2) is 0 Å². The summed E-state index contributed by atoms with van der Waals surface area (Å²) in [6, 6.07) is 8.36. The molecule has 0 saturated carbocycles. The molecule has 126 valence electrons. The molecular formula is C17H19ClN4OS. The van der Waals surface area contributed by atoms with Gasteiger partial charge < -0.3 is 10.2 Å². The van der Waals surface area contributed by atoms with Gasteiger partial charge in [-0.1, -0.05) is 41.7 Å². The summed E-state index contributed by atoms with van der Waals surface area (Å²) in [5.74, 6) is 0.0456. The van der Waals surface area contributed by atoms with Crippen molar-refractivity contribution >= 4 is 39.5 Å². The first-order valence-corrected chi connectivity index (χ1v) is 9.27. The van der Waals surface area contributed by atoms with Crippen molar-refractivity contribution in [2.24, 2.45) is 0 Å². The molecule has 1 aliphatic heterocycles. The minimum atomic E-state index is -0.00456. The number of benzene rings is 1. The first-order chi connectivity index (χ1) is 11.7. The average molecular weight is 363 g/mol. The third-order valence-corrected chi connectivity index (χ3v) is 5.09. The van der Waals surface area contributed by atoms with E-state index in [1.54, 1.807) is 16.2 Å². The number of nitrogens with one attached hydrogen (secondary N) is 1. The topological polar surface area (TPSA) is 58.1 Å². The van der Waals surface area contributed by atoms with Crippen LogP contribution < -0.4 is 5.32 Å². The fourth-order valence-electron chi connectivity index (χ4n) is 2.63. The summed E-state index contributed by atoms with van der Waals surface area (Å²) in [4.78, 5) is 13.4. The van der Waals surface area contributed by atoms with Crippen LogP contribution in [0.3, 0.4) is 0 Å². The van der Waals surface area contributed by atoms with Crippen LogP contribution in [0.1, 0.15) is 18.9 Å². The van der Waals surface area contributed by atoms with Crippen molar-refractivity contribution in [2.75, 3.05) is 30.8 Å². The Morgan fingerprint density at radius 1 is 1.29 bits per heavy atom. The van der Waals surface area contributed by atoms with Crippen molar-refractivity contribution in [2.45, 2.75) is 13.3 Å². The number of carbonyl (C=O) groups is 1. The quantitative estimate of drug-likeness (QED) is 0.827. The average Bonchev–Trinajstić information content (AvgIpc) is 3.10. The van der Waals surface area contributed by atoms with E-state index in [9.17, 15) is 4.79 Å². The highest BCUT2D eigenvalue weighted by Gasteiger charge is 2.17. The third-order valence-electron chi connectivity index (χ3n) is 3.93. The molecule has 0 bridgehead atoms. The molecule has 2 heterocycles. The Morgan fingerprint density at radius 2 is 2.04 bits per heavy atom. The van der Waals surface area contributed by atoms with Gasteiger partial charge in [-0.15, -0.1) is 21.8 Å². The highest BCUT2D eigenvalue weighted by molar-refractivity contribution is 7.18. The lowest BCUT2D eigenvalue weighted by Gasteiger charge is -2.26. The Morgan fingerprint density at radius 3 is 2.67 bits per heavy atom. The molecule has 1 aromatic heterocycles. The van der Waals surface area contributed by atoms with Gasteiger partial charge in [0.05, 0.1) is 0 Å². The van der Waals surface area contributed by atoms with Gasteiger partial charge in [0.2, 0.25) is 11.0 Å². The second kappa shape index (κ2) is 7.77. The zero-order valence-corrected chi connectivity index (χ0v) is 15.0. The second-order valence-electron chi connectivity index (χ2n) is 5.47. The van der Waals surface area contributed by atoms with Gasteiger partial charge in [0.25, 0.3) is 0 Å². The van der Waals surface area contributed by atoms with E-state index in [2.05, 4.69) is 45.9 Å². The van der Waals surface area contributed by atoms with Crippen LogP contribution in [0.2, 0.25) is 0 Å². The number of carbonyl (C=O) groups excluding carboxylic acids is 1. The molecule has 3 rings (SSSR count). The fraction of sp³-hybridized carbons (Fsp3) is 0.353. The summed E-state index contributed by atoms with van der Waals surface area (Å²) in [7, 11) is 0. The van der Waals surface area contributed by atoms with Gasteiger partial charge in [0.1, 0.15) is 10.9 Å². The van der Waals surface area contributed by atoms with Gasteiger partial charge in [-0.3, -0.25) is 4.79 Å². The molecule has 0 aliphatic carbocycles. The van der Waals surface area contributed by atoms with E-state index in [1.807, 2.05) is 6.92 Å². The second-order valence-corrected chi connectivity index (χ2v) is 6.72. The summed E-state index contributed by atoms with van der Waals surface area (Å²) >= 11 is 7.16. The minimum Gasteiger partial charge on any atom is -0.360 e.